The van der Waals surface area contributed by atoms with E-state index in [0.29, 0.717) is 0 Å². The fourth-order valence-electron chi connectivity index (χ4n) is 1.94. The SMILES string of the molecule is CC(C)(C)C(=O)NC1(NC(=O)C(C)(C)C)N=C(N)N=C2N=C(N)N=C21. The summed E-state index contributed by atoms with van der Waals surface area (Å²) < 4.78 is 0. The Morgan fingerprint density at radius 2 is 1.32 bits per heavy atom. The minimum Gasteiger partial charge on any atom is -0.368 e. The van der Waals surface area contributed by atoms with Gasteiger partial charge in [-0.25, -0.2) is 4.99 Å². The van der Waals surface area contributed by atoms with Crippen molar-refractivity contribution in [2.24, 2.45) is 42.3 Å². The second kappa shape index (κ2) is 5.64. The largest absolute Gasteiger partial charge is 0.368 e. The van der Waals surface area contributed by atoms with Crippen LogP contribution in [-0.4, -0.2) is 41.1 Å². The Kier molecular flexibility index (Phi) is 4.19. The zero-order valence-corrected chi connectivity index (χ0v) is 15.3. The number of carbonyl (C=O) groups excluding carboxylic acids is 2. The first kappa shape index (κ1) is 18.6. The molecule has 0 saturated carbocycles. The maximum Gasteiger partial charge on any atom is 0.261 e. The molecule has 10 heteroatoms. The molecule has 0 aliphatic carbocycles. The third-order valence-electron chi connectivity index (χ3n) is 3.46. The fraction of sp³-hybridized carbons (Fsp3) is 0.600. The van der Waals surface area contributed by atoms with Crippen molar-refractivity contribution in [2.45, 2.75) is 47.3 Å². The number of hydrogen-bond acceptors (Lipinski definition) is 8. The second-order valence-corrected chi connectivity index (χ2v) is 7.95. The van der Waals surface area contributed by atoms with Gasteiger partial charge in [-0.1, -0.05) is 41.5 Å². The van der Waals surface area contributed by atoms with Crippen LogP contribution in [0, 0.1) is 10.8 Å². The Balaban J connectivity index is 2.54. The number of aliphatic imine (C=N–C) groups is 4. The molecule has 25 heavy (non-hydrogen) atoms. The zero-order chi connectivity index (χ0) is 19.2. The van der Waals surface area contributed by atoms with Gasteiger partial charge in [-0.05, 0) is 0 Å². The molecule has 0 fully saturated rings. The highest BCUT2D eigenvalue weighted by Crippen LogP contribution is 2.23. The summed E-state index contributed by atoms with van der Waals surface area (Å²) >= 11 is 0. The van der Waals surface area contributed by atoms with E-state index in [-0.39, 0.29) is 35.3 Å². The number of nitrogens with one attached hydrogen (secondary N) is 2. The summed E-state index contributed by atoms with van der Waals surface area (Å²) in [5.74, 6) is -2.57. The van der Waals surface area contributed by atoms with Crippen molar-refractivity contribution in [3.63, 3.8) is 0 Å². The summed E-state index contributed by atoms with van der Waals surface area (Å²) in [6.07, 6.45) is 0. The van der Waals surface area contributed by atoms with Gasteiger partial charge in [0, 0.05) is 10.8 Å². The molecule has 2 aliphatic heterocycles. The van der Waals surface area contributed by atoms with Crippen LogP contribution in [0.15, 0.2) is 20.0 Å². The van der Waals surface area contributed by atoms with Crippen LogP contribution in [0.4, 0.5) is 0 Å². The molecule has 2 heterocycles. The first-order chi connectivity index (χ1) is 11.2. The highest BCUT2D eigenvalue weighted by atomic mass is 16.2. The van der Waals surface area contributed by atoms with E-state index in [1.807, 2.05) is 0 Å². The molecule has 2 rings (SSSR count). The molecule has 2 aliphatic rings. The molecule has 0 atom stereocenters. The van der Waals surface area contributed by atoms with E-state index >= 15 is 0 Å². The van der Waals surface area contributed by atoms with Crippen LogP contribution in [0.5, 0.6) is 0 Å². The van der Waals surface area contributed by atoms with E-state index in [9.17, 15) is 9.59 Å². The quantitative estimate of drug-likeness (QED) is 0.494. The Bertz CT molecular complexity index is 718. The Labute approximate surface area is 146 Å². The first-order valence-corrected chi connectivity index (χ1v) is 7.77. The number of amides is 2. The molecule has 0 aromatic carbocycles. The molecule has 0 unspecified atom stereocenters. The molecule has 136 valence electrons. The average Bonchev–Trinajstić information content (AvgIpc) is 2.77. The standard InChI is InChI=1S/C15H24N8O2/c1-13(2,3)9(24)21-15(22-10(25)14(4,5)6)7-8(19-11(16)18-7)20-12(17)23-15/h1-6H3,(H,21,24)(H,22,25)(H4,16,17,19,20,23). The molecular formula is C15H24N8O2. The maximum absolute atomic E-state index is 12.6. The van der Waals surface area contributed by atoms with Gasteiger partial charge >= 0.3 is 0 Å². The monoisotopic (exact) mass is 348 g/mol. The average molecular weight is 348 g/mol. The summed E-state index contributed by atoms with van der Waals surface area (Å²) in [5, 5.41) is 5.44. The van der Waals surface area contributed by atoms with Gasteiger partial charge in [0.25, 0.3) is 5.79 Å². The molecule has 0 spiro atoms. The Morgan fingerprint density at radius 1 is 0.840 bits per heavy atom. The third-order valence-corrected chi connectivity index (χ3v) is 3.46. The number of hydrogen-bond donors (Lipinski definition) is 4. The lowest BCUT2D eigenvalue weighted by atomic mass is 9.93. The van der Waals surface area contributed by atoms with E-state index in [0.717, 1.165) is 0 Å². The van der Waals surface area contributed by atoms with Crippen LogP contribution < -0.4 is 22.1 Å². The van der Waals surface area contributed by atoms with E-state index < -0.39 is 16.6 Å². The van der Waals surface area contributed by atoms with Gasteiger partial charge in [0.1, 0.15) is 0 Å². The number of nitrogens with two attached hydrogens (primary N) is 2. The zero-order valence-electron chi connectivity index (χ0n) is 15.3. The molecule has 0 aromatic rings. The van der Waals surface area contributed by atoms with Gasteiger partial charge < -0.3 is 22.1 Å². The summed E-state index contributed by atoms with van der Waals surface area (Å²) in [5.41, 5.74) is 10.1. The number of rotatable bonds is 2. The molecule has 0 aromatic heterocycles. The van der Waals surface area contributed by atoms with Gasteiger partial charge in [0.2, 0.25) is 23.7 Å². The first-order valence-electron chi connectivity index (χ1n) is 7.77. The lowest BCUT2D eigenvalue weighted by Crippen LogP contribution is -2.69. The van der Waals surface area contributed by atoms with Gasteiger partial charge in [-0.3, -0.25) is 9.59 Å². The smallest absolute Gasteiger partial charge is 0.261 e. The van der Waals surface area contributed by atoms with Crippen molar-refractivity contribution in [3.8, 4) is 0 Å². The lowest BCUT2D eigenvalue weighted by molar-refractivity contribution is -0.133. The van der Waals surface area contributed by atoms with Crippen molar-refractivity contribution >= 4 is 35.3 Å². The molecule has 0 saturated heterocycles. The summed E-state index contributed by atoms with van der Waals surface area (Å²) in [7, 11) is 0. The van der Waals surface area contributed by atoms with Gasteiger partial charge in [-0.15, -0.1) is 0 Å². The highest BCUT2D eigenvalue weighted by molar-refractivity contribution is 6.52. The fourth-order valence-corrected chi connectivity index (χ4v) is 1.94. The molecule has 0 bridgehead atoms. The number of nitrogens with zero attached hydrogens (tertiary/aromatic N) is 4. The molecule has 0 radical (unpaired) electrons. The van der Waals surface area contributed by atoms with Gasteiger partial charge in [0.05, 0.1) is 0 Å². The maximum atomic E-state index is 12.6. The van der Waals surface area contributed by atoms with Crippen molar-refractivity contribution in [1.82, 2.24) is 10.6 Å². The van der Waals surface area contributed by atoms with Crippen LogP contribution in [0.25, 0.3) is 0 Å². The van der Waals surface area contributed by atoms with E-state index in [1.165, 1.54) is 0 Å². The Hall–Kier alpha value is -2.78. The third kappa shape index (κ3) is 3.67. The topological polar surface area (TPSA) is 160 Å². The lowest BCUT2D eigenvalue weighted by Gasteiger charge is -2.37. The highest BCUT2D eigenvalue weighted by Gasteiger charge is 2.48. The van der Waals surface area contributed by atoms with Crippen molar-refractivity contribution in [3.05, 3.63) is 0 Å². The van der Waals surface area contributed by atoms with Crippen LogP contribution in [0.3, 0.4) is 0 Å². The normalized spacial score (nSPS) is 19.1. The van der Waals surface area contributed by atoms with Crippen molar-refractivity contribution in [1.29, 1.82) is 0 Å². The number of fused-ring (bicyclic) bond motifs is 1. The summed E-state index contributed by atoms with van der Waals surface area (Å²) in [4.78, 5) is 41.4. The minimum atomic E-state index is -1.72. The molecule has 2 amide bonds. The second-order valence-electron chi connectivity index (χ2n) is 7.95. The molecular weight excluding hydrogens is 324 g/mol. The number of guanidine groups is 2. The van der Waals surface area contributed by atoms with Crippen LogP contribution in [0.2, 0.25) is 0 Å². The van der Waals surface area contributed by atoms with E-state index in [4.69, 9.17) is 11.5 Å². The van der Waals surface area contributed by atoms with Crippen molar-refractivity contribution < 1.29 is 9.59 Å². The number of amidine groups is 1. The predicted molar refractivity (Wildman–Crippen MR) is 96.0 cm³/mol. The summed E-state index contributed by atoms with van der Waals surface area (Å²) in [6.45, 7) is 10.4. The van der Waals surface area contributed by atoms with Crippen molar-refractivity contribution in [2.75, 3.05) is 0 Å². The minimum absolute atomic E-state index is 0.0574. The molecule has 10 nitrogen and oxygen atoms in total. The van der Waals surface area contributed by atoms with Crippen LogP contribution >= 0.6 is 0 Å². The van der Waals surface area contributed by atoms with Gasteiger partial charge in [0.15, 0.2) is 11.5 Å². The van der Waals surface area contributed by atoms with E-state index in [2.05, 4.69) is 30.6 Å². The Morgan fingerprint density at radius 3 is 1.76 bits per heavy atom. The van der Waals surface area contributed by atoms with E-state index in [1.54, 1.807) is 41.5 Å². The summed E-state index contributed by atoms with van der Waals surface area (Å²) in [6, 6.07) is 0. The predicted octanol–water partition coefficient (Wildman–Crippen LogP) is -0.539. The van der Waals surface area contributed by atoms with Crippen LogP contribution in [0.1, 0.15) is 41.5 Å². The molecule has 6 N–H and O–H groups in total. The number of carbonyl (C=O) groups is 2. The van der Waals surface area contributed by atoms with Gasteiger partial charge in [-0.2, -0.15) is 15.0 Å². The van der Waals surface area contributed by atoms with Crippen LogP contribution in [-0.2, 0) is 9.59 Å².